The van der Waals surface area contributed by atoms with Crippen LogP contribution in [0, 0.1) is 0 Å². The fourth-order valence-corrected chi connectivity index (χ4v) is 3.58. The quantitative estimate of drug-likeness (QED) is 0.724. The molecule has 3 aromatic rings. The van der Waals surface area contributed by atoms with E-state index in [1.54, 1.807) is 18.9 Å². The second-order valence-corrected chi connectivity index (χ2v) is 6.61. The molecular weight excluding hydrogens is 318 g/mol. The van der Waals surface area contributed by atoms with E-state index >= 15 is 0 Å². The van der Waals surface area contributed by atoms with Gasteiger partial charge in [-0.15, -0.1) is 0 Å². The molecule has 0 radical (unpaired) electrons. The highest BCUT2D eigenvalue weighted by Crippen LogP contribution is 2.32. The lowest BCUT2D eigenvalue weighted by molar-refractivity contribution is 0.415. The van der Waals surface area contributed by atoms with Gasteiger partial charge in [0.05, 0.1) is 7.11 Å². The number of H-pyrrole nitrogens is 1. The molecule has 1 aromatic heterocycles. The largest absolute Gasteiger partial charge is 0.497 e. The van der Waals surface area contributed by atoms with Crippen molar-refractivity contribution in [2.45, 2.75) is 5.50 Å². The van der Waals surface area contributed by atoms with E-state index in [1.165, 1.54) is 10.9 Å². The van der Waals surface area contributed by atoms with E-state index in [-0.39, 0.29) is 5.50 Å². The van der Waals surface area contributed by atoms with Gasteiger partial charge in [0.1, 0.15) is 5.75 Å². The Morgan fingerprint density at radius 3 is 3.04 bits per heavy atom. The number of nitrogens with one attached hydrogen (secondary N) is 2. The summed E-state index contributed by atoms with van der Waals surface area (Å²) in [6, 6.07) is 16.2. The Bertz CT molecular complexity index is 929. The molecule has 0 spiro atoms. The standard InChI is InChI=1S/C19H17N3OS/c1-23-15-6-4-5-14(10-15)22-19-21-12-16(24-19)9-13-11-20-18-8-3-2-7-17(13)18/h2-12,19-20,22H,1H3/b16-9-. The second kappa shape index (κ2) is 6.45. The third-order valence-corrected chi connectivity index (χ3v) is 4.82. The number of anilines is 1. The molecule has 24 heavy (non-hydrogen) atoms. The van der Waals surface area contributed by atoms with Gasteiger partial charge >= 0.3 is 0 Å². The molecular formula is C19H17N3OS. The summed E-state index contributed by atoms with van der Waals surface area (Å²) in [6.07, 6.45) is 6.12. The van der Waals surface area contributed by atoms with E-state index in [0.29, 0.717) is 0 Å². The maximum atomic E-state index is 5.25. The predicted octanol–water partition coefficient (Wildman–Crippen LogP) is 4.73. The van der Waals surface area contributed by atoms with Crippen molar-refractivity contribution >= 4 is 40.6 Å². The SMILES string of the molecule is COc1cccc(NC2N=C/C(=C/c3c[nH]c4ccccc34)S2)c1. The van der Waals surface area contributed by atoms with Crippen LogP contribution in [0.3, 0.4) is 0 Å². The number of hydrogen-bond donors (Lipinski definition) is 2. The number of fused-ring (bicyclic) bond motifs is 1. The minimum atomic E-state index is -0.0198. The van der Waals surface area contributed by atoms with Crippen LogP contribution in [0.25, 0.3) is 17.0 Å². The summed E-state index contributed by atoms with van der Waals surface area (Å²) in [5.74, 6) is 0.835. The summed E-state index contributed by atoms with van der Waals surface area (Å²) >= 11 is 1.70. The van der Waals surface area contributed by atoms with Gasteiger partial charge in [-0.25, -0.2) is 0 Å². The van der Waals surface area contributed by atoms with Gasteiger partial charge in [-0.05, 0) is 24.3 Å². The lowest BCUT2D eigenvalue weighted by Crippen LogP contribution is -2.09. The van der Waals surface area contributed by atoms with E-state index in [4.69, 9.17) is 4.74 Å². The first kappa shape index (κ1) is 14.9. The lowest BCUT2D eigenvalue weighted by Gasteiger charge is -2.11. The Kier molecular flexibility index (Phi) is 4.01. The Morgan fingerprint density at radius 2 is 2.12 bits per heavy atom. The number of benzene rings is 2. The number of aliphatic imine (C=N–C) groups is 1. The van der Waals surface area contributed by atoms with Crippen LogP contribution in [0.2, 0.25) is 0 Å². The van der Waals surface area contributed by atoms with E-state index in [0.717, 1.165) is 21.9 Å². The van der Waals surface area contributed by atoms with E-state index in [1.807, 2.05) is 42.7 Å². The number of allylic oxidation sites excluding steroid dienone is 1. The zero-order valence-corrected chi connectivity index (χ0v) is 14.0. The highest BCUT2D eigenvalue weighted by atomic mass is 32.2. The predicted molar refractivity (Wildman–Crippen MR) is 103 cm³/mol. The van der Waals surface area contributed by atoms with Gasteiger partial charge in [-0.1, -0.05) is 36.0 Å². The van der Waals surface area contributed by atoms with Crippen molar-refractivity contribution < 1.29 is 4.74 Å². The van der Waals surface area contributed by atoms with E-state index < -0.39 is 0 Å². The van der Waals surface area contributed by atoms with Gasteiger partial charge in [0.2, 0.25) is 0 Å². The molecule has 1 unspecified atom stereocenters. The van der Waals surface area contributed by atoms with Crippen molar-refractivity contribution in [2.75, 3.05) is 12.4 Å². The molecule has 0 fully saturated rings. The van der Waals surface area contributed by atoms with Crippen molar-refractivity contribution in [3.05, 3.63) is 65.2 Å². The molecule has 120 valence electrons. The molecule has 0 bridgehead atoms. The normalized spacial score (nSPS) is 18.4. The molecule has 0 saturated carbocycles. The molecule has 0 aliphatic carbocycles. The maximum Gasteiger partial charge on any atom is 0.171 e. The van der Waals surface area contributed by atoms with Gasteiger partial charge in [0.25, 0.3) is 0 Å². The highest BCUT2D eigenvalue weighted by Gasteiger charge is 2.16. The van der Waals surface area contributed by atoms with Crippen molar-refractivity contribution in [3.8, 4) is 5.75 Å². The Morgan fingerprint density at radius 1 is 1.21 bits per heavy atom. The Hall–Kier alpha value is -2.66. The Labute approximate surface area is 144 Å². The van der Waals surface area contributed by atoms with Crippen LogP contribution >= 0.6 is 11.8 Å². The number of aromatic nitrogens is 1. The number of hydrogen-bond acceptors (Lipinski definition) is 4. The third kappa shape index (κ3) is 3.03. The summed E-state index contributed by atoms with van der Waals surface area (Å²) in [6.45, 7) is 0. The van der Waals surface area contributed by atoms with E-state index in [2.05, 4.69) is 39.6 Å². The van der Waals surface area contributed by atoms with E-state index in [9.17, 15) is 0 Å². The van der Waals surface area contributed by atoms with Crippen LogP contribution in [0.4, 0.5) is 5.69 Å². The minimum absolute atomic E-state index is 0.0198. The van der Waals surface area contributed by atoms with Crippen molar-refractivity contribution in [1.29, 1.82) is 0 Å². The van der Waals surface area contributed by atoms with Crippen molar-refractivity contribution in [3.63, 3.8) is 0 Å². The van der Waals surface area contributed by atoms with Gasteiger partial charge in [-0.2, -0.15) is 0 Å². The topological polar surface area (TPSA) is 49.4 Å². The number of methoxy groups -OCH3 is 1. The smallest absolute Gasteiger partial charge is 0.171 e. The first-order valence-electron chi connectivity index (χ1n) is 7.70. The van der Waals surface area contributed by atoms with Crippen LogP contribution in [-0.4, -0.2) is 23.8 Å². The maximum absolute atomic E-state index is 5.25. The molecule has 1 aliphatic heterocycles. The number of rotatable bonds is 4. The molecule has 5 heteroatoms. The van der Waals surface area contributed by atoms with Crippen LogP contribution in [0.5, 0.6) is 5.75 Å². The summed E-state index contributed by atoms with van der Waals surface area (Å²) in [5.41, 5.74) is 3.31. The minimum Gasteiger partial charge on any atom is -0.497 e. The van der Waals surface area contributed by atoms with Gasteiger partial charge < -0.3 is 15.0 Å². The first-order chi connectivity index (χ1) is 11.8. The molecule has 2 heterocycles. The summed E-state index contributed by atoms with van der Waals surface area (Å²) in [5, 5.41) is 4.62. The summed E-state index contributed by atoms with van der Waals surface area (Å²) < 4.78 is 5.25. The zero-order valence-electron chi connectivity index (χ0n) is 13.2. The molecule has 2 N–H and O–H groups in total. The molecule has 4 rings (SSSR count). The number of nitrogens with zero attached hydrogens (tertiary/aromatic N) is 1. The van der Waals surface area contributed by atoms with Crippen molar-refractivity contribution in [1.82, 2.24) is 4.98 Å². The average molecular weight is 335 g/mol. The van der Waals surface area contributed by atoms with Crippen LogP contribution in [0.1, 0.15) is 5.56 Å². The first-order valence-corrected chi connectivity index (χ1v) is 8.58. The fourth-order valence-electron chi connectivity index (χ4n) is 2.69. The van der Waals surface area contributed by atoms with Gasteiger partial charge in [0, 0.05) is 45.5 Å². The highest BCUT2D eigenvalue weighted by molar-refractivity contribution is 8.05. The summed E-state index contributed by atoms with van der Waals surface area (Å²) in [7, 11) is 1.67. The lowest BCUT2D eigenvalue weighted by atomic mass is 10.1. The average Bonchev–Trinajstić information content (AvgIpc) is 3.23. The molecule has 0 amide bonds. The molecule has 1 aliphatic rings. The third-order valence-electron chi connectivity index (χ3n) is 3.86. The van der Waals surface area contributed by atoms with Crippen LogP contribution < -0.4 is 10.1 Å². The zero-order chi connectivity index (χ0) is 16.4. The second-order valence-electron chi connectivity index (χ2n) is 5.46. The van der Waals surface area contributed by atoms with Gasteiger partial charge in [-0.3, -0.25) is 4.99 Å². The summed E-state index contributed by atoms with van der Waals surface area (Å²) in [4.78, 5) is 8.97. The molecule has 4 nitrogen and oxygen atoms in total. The van der Waals surface area contributed by atoms with Gasteiger partial charge in [0.15, 0.2) is 5.50 Å². The number of aromatic amines is 1. The Balaban J connectivity index is 1.49. The number of ether oxygens (including phenoxy) is 1. The monoisotopic (exact) mass is 335 g/mol. The van der Waals surface area contributed by atoms with Crippen LogP contribution in [0.15, 0.2) is 64.6 Å². The number of para-hydroxylation sites is 1. The molecule has 2 aromatic carbocycles. The molecule has 0 saturated heterocycles. The number of thioether (sulfide) groups is 1. The van der Waals surface area contributed by atoms with Crippen LogP contribution in [-0.2, 0) is 0 Å². The fraction of sp³-hybridized carbons (Fsp3) is 0.105. The van der Waals surface area contributed by atoms with Crippen molar-refractivity contribution in [2.24, 2.45) is 4.99 Å². The molecule has 1 atom stereocenters.